The molecule has 270 valence electrons. The summed E-state index contributed by atoms with van der Waals surface area (Å²) in [5, 5.41) is 7.08. The summed E-state index contributed by atoms with van der Waals surface area (Å²) in [5.41, 5.74) is 18.1. The molecule has 4 heteroatoms. The summed E-state index contributed by atoms with van der Waals surface area (Å²) in [4.78, 5) is 5.02. The van der Waals surface area contributed by atoms with E-state index in [1.54, 1.807) is 0 Å². The van der Waals surface area contributed by atoms with Gasteiger partial charge in [-0.15, -0.1) is 0 Å². The van der Waals surface area contributed by atoms with Crippen molar-refractivity contribution in [3.05, 3.63) is 216 Å². The Morgan fingerprint density at radius 2 is 1.30 bits per heavy atom. The van der Waals surface area contributed by atoms with Crippen LogP contribution in [0.1, 0.15) is 40.8 Å². The lowest BCUT2D eigenvalue weighted by molar-refractivity contribution is 0.752. The Hall–Kier alpha value is -7.17. The molecule has 0 fully saturated rings. The standard InChI is InChI=1S/C53H38N4/c1-3-12-37(13-4-1)53(38-14-5-2-6-15-38)47-19-9-7-16-41(47)45-33-50-46(32-48(45)53)44-18-11-30-55-52(44)57(50)40-27-23-36(24-28-40)35-21-25-39(26-22-35)56-49-20-10-8-17-42(49)43-29-31-54-34-51(43)56/h1,3-5,7-33,54H,2,6,34H2. The van der Waals surface area contributed by atoms with E-state index in [9.17, 15) is 0 Å². The number of hydrogen-bond acceptors (Lipinski definition) is 2. The fraction of sp³-hybridized carbons (Fsp3) is 0.0755. The molecule has 0 radical (unpaired) electrons. The largest absolute Gasteiger partial charge is 0.385 e. The first-order valence-electron chi connectivity index (χ1n) is 20.0. The van der Waals surface area contributed by atoms with Crippen molar-refractivity contribution in [2.75, 3.05) is 0 Å². The molecule has 0 spiro atoms. The van der Waals surface area contributed by atoms with Gasteiger partial charge in [0, 0.05) is 39.3 Å². The summed E-state index contributed by atoms with van der Waals surface area (Å²) in [6.45, 7) is 0.806. The average Bonchev–Trinajstić information content (AvgIpc) is 3.90. The third kappa shape index (κ3) is 4.58. The number of hydrogen-bond donors (Lipinski definition) is 1. The summed E-state index contributed by atoms with van der Waals surface area (Å²) in [5.74, 6) is 0. The van der Waals surface area contributed by atoms with Gasteiger partial charge in [-0.3, -0.25) is 4.57 Å². The van der Waals surface area contributed by atoms with Gasteiger partial charge >= 0.3 is 0 Å². The van der Waals surface area contributed by atoms with Crippen molar-refractivity contribution in [3.8, 4) is 33.6 Å². The second kappa shape index (κ2) is 12.4. The van der Waals surface area contributed by atoms with Gasteiger partial charge in [0.15, 0.2) is 0 Å². The quantitative estimate of drug-likeness (QED) is 0.191. The SMILES string of the molecule is C1=CC(C2(c3ccccc3)c3ccccc3-c3cc4c(cc32)c2cccnc2n4-c2ccc(-c3ccc(-n4c5c(c6ccccc64)C=CNC5)cc3)cc2)=CCC1. The van der Waals surface area contributed by atoms with Crippen molar-refractivity contribution in [2.24, 2.45) is 0 Å². The van der Waals surface area contributed by atoms with Crippen LogP contribution in [0.4, 0.5) is 0 Å². The van der Waals surface area contributed by atoms with E-state index >= 15 is 0 Å². The first kappa shape index (κ1) is 32.1. The van der Waals surface area contributed by atoms with Crippen LogP contribution >= 0.6 is 0 Å². The van der Waals surface area contributed by atoms with Crippen LogP contribution in [0.2, 0.25) is 0 Å². The maximum Gasteiger partial charge on any atom is 0.145 e. The lowest BCUT2D eigenvalue weighted by Crippen LogP contribution is -2.29. The fourth-order valence-corrected chi connectivity index (χ4v) is 10.1. The van der Waals surface area contributed by atoms with Crippen LogP contribution in [0.5, 0.6) is 0 Å². The minimum atomic E-state index is -0.409. The highest BCUT2D eigenvalue weighted by Gasteiger charge is 2.47. The fourth-order valence-electron chi connectivity index (χ4n) is 10.1. The number of aromatic nitrogens is 3. The van der Waals surface area contributed by atoms with Gasteiger partial charge < -0.3 is 9.88 Å². The van der Waals surface area contributed by atoms with E-state index in [0.717, 1.165) is 41.6 Å². The van der Waals surface area contributed by atoms with E-state index in [0.29, 0.717) is 0 Å². The number of pyridine rings is 1. The molecular formula is C53H38N4. The van der Waals surface area contributed by atoms with E-state index in [2.05, 4.69) is 197 Å². The van der Waals surface area contributed by atoms with Crippen LogP contribution in [0.3, 0.4) is 0 Å². The highest BCUT2D eigenvalue weighted by molar-refractivity contribution is 6.10. The molecule has 2 aliphatic carbocycles. The van der Waals surface area contributed by atoms with Gasteiger partial charge in [-0.25, -0.2) is 4.98 Å². The predicted octanol–water partition coefficient (Wildman–Crippen LogP) is 12.5. The number of benzene rings is 6. The summed E-state index contributed by atoms with van der Waals surface area (Å²) in [7, 11) is 0. The molecule has 0 bridgehead atoms. The maximum absolute atomic E-state index is 5.02. The van der Waals surface area contributed by atoms with Crippen molar-refractivity contribution in [3.63, 3.8) is 0 Å². The van der Waals surface area contributed by atoms with Crippen molar-refractivity contribution in [2.45, 2.75) is 24.8 Å². The molecule has 4 heterocycles. The molecule has 1 unspecified atom stereocenters. The van der Waals surface area contributed by atoms with Gasteiger partial charge in [0.05, 0.1) is 28.7 Å². The number of nitrogens with zero attached hydrogens (tertiary/aromatic N) is 3. The highest BCUT2D eigenvalue weighted by Crippen LogP contribution is 2.58. The molecule has 57 heavy (non-hydrogen) atoms. The van der Waals surface area contributed by atoms with Crippen LogP contribution < -0.4 is 5.32 Å². The van der Waals surface area contributed by atoms with E-state index in [1.165, 1.54) is 77.8 Å². The topological polar surface area (TPSA) is 34.8 Å². The molecule has 1 N–H and O–H groups in total. The summed E-state index contributed by atoms with van der Waals surface area (Å²) in [6.07, 6.45) is 15.5. The minimum absolute atomic E-state index is 0.409. The van der Waals surface area contributed by atoms with Crippen LogP contribution in [0.25, 0.3) is 72.5 Å². The van der Waals surface area contributed by atoms with Gasteiger partial charge in [0.25, 0.3) is 0 Å². The second-order valence-electron chi connectivity index (χ2n) is 15.4. The predicted molar refractivity (Wildman–Crippen MR) is 235 cm³/mol. The highest BCUT2D eigenvalue weighted by atomic mass is 15.0. The van der Waals surface area contributed by atoms with Gasteiger partial charge in [-0.05, 0) is 124 Å². The molecule has 9 aromatic rings. The smallest absolute Gasteiger partial charge is 0.145 e. The Balaban J connectivity index is 0.991. The average molecular weight is 731 g/mol. The minimum Gasteiger partial charge on any atom is -0.385 e. The zero-order valence-corrected chi connectivity index (χ0v) is 31.4. The molecule has 0 saturated heterocycles. The van der Waals surface area contributed by atoms with Crippen LogP contribution in [0, 0.1) is 0 Å². The zero-order chi connectivity index (χ0) is 37.5. The van der Waals surface area contributed by atoms with Crippen molar-refractivity contribution in [1.29, 1.82) is 0 Å². The lowest BCUT2D eigenvalue weighted by Gasteiger charge is -2.35. The number of fused-ring (bicyclic) bond motifs is 9. The third-order valence-corrected chi connectivity index (χ3v) is 12.6. The zero-order valence-electron chi connectivity index (χ0n) is 31.4. The first-order chi connectivity index (χ1) is 28.3. The second-order valence-corrected chi connectivity index (χ2v) is 15.4. The molecule has 0 amide bonds. The number of para-hydroxylation sites is 1. The molecule has 12 rings (SSSR count). The van der Waals surface area contributed by atoms with Gasteiger partial charge in [0.2, 0.25) is 0 Å². The van der Waals surface area contributed by atoms with Crippen molar-refractivity contribution >= 4 is 38.9 Å². The van der Waals surface area contributed by atoms with Crippen LogP contribution in [-0.4, -0.2) is 14.1 Å². The lowest BCUT2D eigenvalue weighted by atomic mass is 9.66. The number of allylic oxidation sites excluding steroid dienone is 4. The van der Waals surface area contributed by atoms with Gasteiger partial charge in [-0.2, -0.15) is 0 Å². The Bertz CT molecular complexity index is 3160. The molecule has 4 nitrogen and oxygen atoms in total. The Kier molecular flexibility index (Phi) is 7.00. The number of nitrogens with one attached hydrogen (secondary N) is 1. The third-order valence-electron chi connectivity index (χ3n) is 12.6. The van der Waals surface area contributed by atoms with Crippen LogP contribution in [0.15, 0.2) is 188 Å². The van der Waals surface area contributed by atoms with Crippen LogP contribution in [-0.2, 0) is 12.0 Å². The molecular weight excluding hydrogens is 693 g/mol. The summed E-state index contributed by atoms with van der Waals surface area (Å²) in [6, 6.07) is 56.0. The Morgan fingerprint density at radius 1 is 0.561 bits per heavy atom. The normalized spacial score (nSPS) is 16.7. The summed E-state index contributed by atoms with van der Waals surface area (Å²) < 4.78 is 4.75. The van der Waals surface area contributed by atoms with Gasteiger partial charge in [-0.1, -0.05) is 115 Å². The molecule has 3 aromatic heterocycles. The maximum atomic E-state index is 5.02. The molecule has 3 aliphatic rings. The van der Waals surface area contributed by atoms with E-state index in [4.69, 9.17) is 4.98 Å². The Labute approximate surface area is 331 Å². The van der Waals surface area contributed by atoms with Crippen molar-refractivity contribution < 1.29 is 0 Å². The first-order valence-corrected chi connectivity index (χ1v) is 20.0. The molecule has 1 aliphatic heterocycles. The molecule has 0 saturated carbocycles. The van der Waals surface area contributed by atoms with E-state index in [1.807, 2.05) is 6.20 Å². The van der Waals surface area contributed by atoms with Crippen molar-refractivity contribution in [1.82, 2.24) is 19.4 Å². The summed E-state index contributed by atoms with van der Waals surface area (Å²) >= 11 is 0. The monoisotopic (exact) mass is 730 g/mol. The number of rotatable bonds is 5. The Morgan fingerprint density at radius 3 is 2.11 bits per heavy atom. The van der Waals surface area contributed by atoms with E-state index in [-0.39, 0.29) is 0 Å². The molecule has 6 aromatic carbocycles. The molecule has 1 atom stereocenters. The van der Waals surface area contributed by atoms with Gasteiger partial charge in [0.1, 0.15) is 5.65 Å². The van der Waals surface area contributed by atoms with E-state index < -0.39 is 5.41 Å².